The van der Waals surface area contributed by atoms with Crippen LogP contribution in [0, 0.1) is 0 Å². The van der Waals surface area contributed by atoms with Crippen LogP contribution in [0.2, 0.25) is 0 Å². The Morgan fingerprint density at radius 3 is 2.48 bits per heavy atom. The van der Waals surface area contributed by atoms with Crippen LogP contribution >= 0.6 is 0 Å². The SMILES string of the molecule is CCN(CC)C(=O)CCCC(=O)N1C[C@@H](c2ccccc2)OC[C@H]1C. The quantitative estimate of drug-likeness (QED) is 0.762. The summed E-state index contributed by atoms with van der Waals surface area (Å²) in [4.78, 5) is 28.4. The lowest BCUT2D eigenvalue weighted by Crippen LogP contribution is -2.48. The third-order valence-corrected chi connectivity index (χ3v) is 4.82. The molecule has 0 N–H and O–H groups in total. The summed E-state index contributed by atoms with van der Waals surface area (Å²) < 4.78 is 5.91. The zero-order valence-corrected chi connectivity index (χ0v) is 15.6. The first-order valence-corrected chi connectivity index (χ1v) is 9.30. The predicted octanol–water partition coefficient (Wildman–Crippen LogP) is 3.01. The van der Waals surface area contributed by atoms with E-state index in [-0.39, 0.29) is 24.0 Å². The van der Waals surface area contributed by atoms with Gasteiger partial charge in [-0.1, -0.05) is 30.3 Å². The minimum absolute atomic E-state index is 0.0707. The van der Waals surface area contributed by atoms with E-state index in [1.165, 1.54) is 0 Å². The van der Waals surface area contributed by atoms with Crippen LogP contribution in [0.3, 0.4) is 0 Å². The van der Waals surface area contributed by atoms with Crippen molar-refractivity contribution in [2.75, 3.05) is 26.2 Å². The number of benzene rings is 1. The Kier molecular flexibility index (Phi) is 7.44. The number of morpholine rings is 1. The maximum absolute atomic E-state index is 12.6. The number of hydrogen-bond donors (Lipinski definition) is 0. The highest BCUT2D eigenvalue weighted by Crippen LogP contribution is 2.25. The number of carbonyl (C=O) groups is 2. The van der Waals surface area contributed by atoms with Crippen molar-refractivity contribution < 1.29 is 14.3 Å². The van der Waals surface area contributed by atoms with Gasteiger partial charge in [0.25, 0.3) is 0 Å². The molecule has 0 radical (unpaired) electrons. The Bertz CT molecular complexity index is 557. The summed E-state index contributed by atoms with van der Waals surface area (Å²) in [5.41, 5.74) is 1.10. The number of amides is 2. The Labute approximate surface area is 150 Å². The molecule has 5 nitrogen and oxygen atoms in total. The normalized spacial score (nSPS) is 20.4. The van der Waals surface area contributed by atoms with Crippen molar-refractivity contribution in [2.45, 2.75) is 52.2 Å². The third-order valence-electron chi connectivity index (χ3n) is 4.82. The first-order valence-electron chi connectivity index (χ1n) is 9.30. The Morgan fingerprint density at radius 2 is 1.84 bits per heavy atom. The molecular weight excluding hydrogens is 316 g/mol. The maximum atomic E-state index is 12.6. The standard InChI is InChI=1S/C20H30N2O3/c1-4-21(5-2)19(23)12-9-13-20(24)22-14-18(25-15-16(22)3)17-10-7-6-8-11-17/h6-8,10-11,16,18H,4-5,9,12-15H2,1-3H3/t16-,18+/m1/s1. The van der Waals surface area contributed by atoms with Gasteiger partial charge in [0.1, 0.15) is 6.10 Å². The van der Waals surface area contributed by atoms with E-state index >= 15 is 0 Å². The minimum atomic E-state index is -0.0707. The molecule has 0 saturated carbocycles. The van der Waals surface area contributed by atoms with Gasteiger partial charge in [-0.05, 0) is 32.8 Å². The van der Waals surface area contributed by atoms with Crippen LogP contribution in [-0.2, 0) is 14.3 Å². The van der Waals surface area contributed by atoms with Crippen LogP contribution in [0.4, 0.5) is 0 Å². The zero-order chi connectivity index (χ0) is 18.2. The van der Waals surface area contributed by atoms with Crippen LogP contribution in [0.1, 0.15) is 51.7 Å². The number of carbonyl (C=O) groups excluding carboxylic acids is 2. The summed E-state index contributed by atoms with van der Waals surface area (Å²) in [5.74, 6) is 0.249. The molecule has 2 atom stereocenters. The number of rotatable bonds is 7. The molecule has 1 aromatic carbocycles. The van der Waals surface area contributed by atoms with Gasteiger partial charge >= 0.3 is 0 Å². The molecule has 138 valence electrons. The van der Waals surface area contributed by atoms with E-state index in [4.69, 9.17) is 4.74 Å². The van der Waals surface area contributed by atoms with Gasteiger partial charge in [0.15, 0.2) is 0 Å². The van der Waals surface area contributed by atoms with Crippen molar-refractivity contribution in [3.8, 4) is 0 Å². The summed E-state index contributed by atoms with van der Waals surface area (Å²) >= 11 is 0. The lowest BCUT2D eigenvalue weighted by atomic mass is 10.1. The summed E-state index contributed by atoms with van der Waals surface area (Å²) in [5, 5.41) is 0. The van der Waals surface area contributed by atoms with Crippen molar-refractivity contribution >= 4 is 11.8 Å². The first-order chi connectivity index (χ1) is 12.1. The molecule has 5 heteroatoms. The Morgan fingerprint density at radius 1 is 1.16 bits per heavy atom. The predicted molar refractivity (Wildman–Crippen MR) is 98.1 cm³/mol. The highest BCUT2D eigenvalue weighted by molar-refractivity contribution is 5.79. The highest BCUT2D eigenvalue weighted by atomic mass is 16.5. The monoisotopic (exact) mass is 346 g/mol. The number of ether oxygens (including phenoxy) is 1. The van der Waals surface area contributed by atoms with E-state index in [1.54, 1.807) is 0 Å². The second-order valence-electron chi connectivity index (χ2n) is 6.55. The topological polar surface area (TPSA) is 49.9 Å². The average molecular weight is 346 g/mol. The van der Waals surface area contributed by atoms with Crippen LogP contribution in [0.25, 0.3) is 0 Å². The van der Waals surface area contributed by atoms with E-state index < -0.39 is 0 Å². The summed E-state index contributed by atoms with van der Waals surface area (Å²) in [6, 6.07) is 10.1. The molecular formula is C20H30N2O3. The van der Waals surface area contributed by atoms with Crippen LogP contribution in [-0.4, -0.2) is 53.9 Å². The molecule has 1 fully saturated rings. The fourth-order valence-electron chi connectivity index (χ4n) is 3.24. The molecule has 0 spiro atoms. The molecule has 0 unspecified atom stereocenters. The van der Waals surface area contributed by atoms with Crippen LogP contribution in [0.15, 0.2) is 30.3 Å². The lowest BCUT2D eigenvalue weighted by molar-refractivity contribution is -0.144. The van der Waals surface area contributed by atoms with Crippen molar-refractivity contribution in [1.82, 2.24) is 9.80 Å². The van der Waals surface area contributed by atoms with Gasteiger partial charge in [-0.25, -0.2) is 0 Å². The minimum Gasteiger partial charge on any atom is -0.370 e. The third kappa shape index (κ3) is 5.30. The van der Waals surface area contributed by atoms with E-state index in [0.717, 1.165) is 18.7 Å². The van der Waals surface area contributed by atoms with Gasteiger partial charge in [-0.15, -0.1) is 0 Å². The van der Waals surface area contributed by atoms with E-state index in [1.807, 2.05) is 60.9 Å². The molecule has 1 heterocycles. The van der Waals surface area contributed by atoms with Gasteiger partial charge in [-0.2, -0.15) is 0 Å². The number of nitrogens with zero attached hydrogens (tertiary/aromatic N) is 2. The van der Waals surface area contributed by atoms with Crippen molar-refractivity contribution in [1.29, 1.82) is 0 Å². The van der Waals surface area contributed by atoms with Gasteiger partial charge in [0.05, 0.1) is 19.2 Å². The average Bonchev–Trinajstić information content (AvgIpc) is 2.63. The molecule has 1 aromatic rings. The summed E-state index contributed by atoms with van der Waals surface area (Å²) in [6.45, 7) is 8.54. The molecule has 0 aliphatic carbocycles. The van der Waals surface area contributed by atoms with Gasteiger partial charge in [0.2, 0.25) is 11.8 Å². The van der Waals surface area contributed by atoms with Crippen molar-refractivity contribution in [2.24, 2.45) is 0 Å². The first kappa shape index (κ1) is 19.4. The lowest BCUT2D eigenvalue weighted by Gasteiger charge is -2.38. The summed E-state index contributed by atoms with van der Waals surface area (Å²) in [7, 11) is 0. The van der Waals surface area contributed by atoms with Gasteiger partial charge in [0, 0.05) is 25.9 Å². The molecule has 1 aliphatic rings. The fraction of sp³-hybridized carbons (Fsp3) is 0.600. The molecule has 1 saturated heterocycles. The molecule has 25 heavy (non-hydrogen) atoms. The van der Waals surface area contributed by atoms with E-state index in [9.17, 15) is 9.59 Å². The maximum Gasteiger partial charge on any atom is 0.223 e. The zero-order valence-electron chi connectivity index (χ0n) is 15.6. The fourth-order valence-corrected chi connectivity index (χ4v) is 3.24. The van der Waals surface area contributed by atoms with Crippen molar-refractivity contribution in [3.63, 3.8) is 0 Å². The second-order valence-corrected chi connectivity index (χ2v) is 6.55. The second kappa shape index (κ2) is 9.56. The van der Waals surface area contributed by atoms with Gasteiger partial charge in [-0.3, -0.25) is 9.59 Å². The van der Waals surface area contributed by atoms with E-state index in [2.05, 4.69) is 0 Å². The molecule has 2 amide bonds. The summed E-state index contributed by atoms with van der Waals surface area (Å²) in [6.07, 6.45) is 1.39. The highest BCUT2D eigenvalue weighted by Gasteiger charge is 2.30. The smallest absolute Gasteiger partial charge is 0.223 e. The van der Waals surface area contributed by atoms with Crippen LogP contribution < -0.4 is 0 Å². The van der Waals surface area contributed by atoms with E-state index in [0.29, 0.717) is 32.4 Å². The molecule has 0 bridgehead atoms. The largest absolute Gasteiger partial charge is 0.370 e. The molecule has 1 aliphatic heterocycles. The van der Waals surface area contributed by atoms with Gasteiger partial charge < -0.3 is 14.5 Å². The van der Waals surface area contributed by atoms with Crippen LogP contribution in [0.5, 0.6) is 0 Å². The Hall–Kier alpha value is -1.88. The number of hydrogen-bond acceptors (Lipinski definition) is 3. The van der Waals surface area contributed by atoms with Crippen molar-refractivity contribution in [3.05, 3.63) is 35.9 Å². The Balaban J connectivity index is 1.86. The molecule has 2 rings (SSSR count). The molecule has 0 aromatic heterocycles.